The van der Waals surface area contributed by atoms with Crippen LogP contribution in [0.2, 0.25) is 15.1 Å². The minimum Gasteiger partial charge on any atom is -0.342 e. The highest BCUT2D eigenvalue weighted by atomic mass is 35.5. The molecule has 1 aromatic heterocycles. The van der Waals surface area contributed by atoms with E-state index in [1.165, 1.54) is 28.8 Å². The highest BCUT2D eigenvalue weighted by Crippen LogP contribution is 2.39. The van der Waals surface area contributed by atoms with Crippen LogP contribution in [0.1, 0.15) is 11.1 Å². The van der Waals surface area contributed by atoms with Gasteiger partial charge in [-0.3, -0.25) is 9.69 Å². The van der Waals surface area contributed by atoms with Gasteiger partial charge in [0.15, 0.2) is 4.32 Å². The maximum Gasteiger partial charge on any atom is 0.270 e. The number of nitrogens with zero attached hydrogens (tertiary/aromatic N) is 2. The standard InChI is InChI=1S/C25H14Cl3FN2OS2/c26-19-8-7-17(11-21(19)28)31-24(32)23(34-25(31)33)9-15-13-30(22-4-2-1-3-18(15)22)12-14-5-6-16(29)10-20(14)27/h1-11,13H,12H2/b23-9+. The van der Waals surface area contributed by atoms with Gasteiger partial charge in [0, 0.05) is 34.2 Å². The van der Waals surface area contributed by atoms with Crippen LogP contribution in [0.5, 0.6) is 0 Å². The SMILES string of the molecule is O=C1/C(=C\c2cn(Cc3ccc(F)cc3Cl)c3ccccc23)SC(=S)N1c1ccc(Cl)c(Cl)c1. The molecule has 34 heavy (non-hydrogen) atoms. The van der Waals surface area contributed by atoms with E-state index in [2.05, 4.69) is 0 Å². The maximum atomic E-state index is 13.5. The molecule has 0 N–H and O–H groups in total. The van der Waals surface area contributed by atoms with E-state index in [0.29, 0.717) is 36.5 Å². The van der Waals surface area contributed by atoms with E-state index in [9.17, 15) is 9.18 Å². The zero-order chi connectivity index (χ0) is 24.0. The van der Waals surface area contributed by atoms with Gasteiger partial charge in [-0.15, -0.1) is 0 Å². The van der Waals surface area contributed by atoms with Crippen molar-refractivity contribution in [2.24, 2.45) is 0 Å². The number of aromatic nitrogens is 1. The fourth-order valence-electron chi connectivity index (χ4n) is 3.81. The van der Waals surface area contributed by atoms with E-state index in [4.69, 9.17) is 47.0 Å². The number of carbonyl (C=O) groups is 1. The summed E-state index contributed by atoms with van der Waals surface area (Å²) in [6.07, 6.45) is 3.79. The predicted molar refractivity (Wildman–Crippen MR) is 145 cm³/mol. The second-order valence-corrected chi connectivity index (χ2v) is 10.5. The molecule has 0 spiro atoms. The van der Waals surface area contributed by atoms with Crippen LogP contribution < -0.4 is 4.90 Å². The Hall–Kier alpha value is -2.35. The summed E-state index contributed by atoms with van der Waals surface area (Å²) in [6.45, 7) is 0.456. The average molecular weight is 548 g/mol. The van der Waals surface area contributed by atoms with E-state index in [-0.39, 0.29) is 11.7 Å². The molecule has 2 heterocycles. The van der Waals surface area contributed by atoms with E-state index in [1.807, 2.05) is 41.1 Å². The Bertz CT molecular complexity index is 1520. The molecule has 170 valence electrons. The van der Waals surface area contributed by atoms with Crippen molar-refractivity contribution in [2.45, 2.75) is 6.54 Å². The van der Waals surface area contributed by atoms with Crippen LogP contribution in [-0.4, -0.2) is 14.8 Å². The van der Waals surface area contributed by atoms with Gasteiger partial charge in [-0.2, -0.15) is 0 Å². The second kappa shape index (κ2) is 9.36. The third kappa shape index (κ3) is 4.37. The summed E-state index contributed by atoms with van der Waals surface area (Å²) in [5, 5.41) is 2.09. The molecule has 9 heteroatoms. The van der Waals surface area contributed by atoms with Gasteiger partial charge in [-0.25, -0.2) is 4.39 Å². The lowest BCUT2D eigenvalue weighted by Gasteiger charge is -2.15. The maximum absolute atomic E-state index is 13.5. The first-order valence-electron chi connectivity index (χ1n) is 10.1. The predicted octanol–water partition coefficient (Wildman–Crippen LogP) is 8.19. The van der Waals surface area contributed by atoms with E-state index < -0.39 is 0 Å². The molecule has 0 bridgehead atoms. The molecule has 0 aliphatic carbocycles. The Morgan fingerprint density at radius 1 is 0.971 bits per heavy atom. The van der Waals surface area contributed by atoms with Gasteiger partial charge in [-0.05, 0) is 48.0 Å². The number of anilines is 1. The number of thiocarbonyl (C=S) groups is 1. The molecule has 0 unspecified atom stereocenters. The quantitative estimate of drug-likeness (QED) is 0.190. The Labute approximate surface area is 219 Å². The van der Waals surface area contributed by atoms with Crippen molar-refractivity contribution in [3.05, 3.63) is 104 Å². The van der Waals surface area contributed by atoms with Crippen LogP contribution in [0.15, 0.2) is 71.8 Å². The summed E-state index contributed by atoms with van der Waals surface area (Å²) < 4.78 is 15.9. The number of benzene rings is 3. The first kappa shape index (κ1) is 23.4. The number of hydrogen-bond donors (Lipinski definition) is 0. The van der Waals surface area contributed by atoms with Crippen molar-refractivity contribution in [3.63, 3.8) is 0 Å². The van der Waals surface area contributed by atoms with Gasteiger partial charge in [0.1, 0.15) is 5.82 Å². The van der Waals surface area contributed by atoms with Crippen molar-refractivity contribution in [2.75, 3.05) is 4.90 Å². The molecular formula is C25H14Cl3FN2OS2. The number of fused-ring (bicyclic) bond motifs is 1. The van der Waals surface area contributed by atoms with Crippen molar-refractivity contribution >= 4 is 91.7 Å². The van der Waals surface area contributed by atoms with Gasteiger partial charge in [0.05, 0.1) is 20.6 Å². The van der Waals surface area contributed by atoms with Crippen LogP contribution in [0, 0.1) is 5.82 Å². The number of para-hydroxylation sites is 1. The first-order chi connectivity index (χ1) is 16.3. The molecule has 3 nitrogen and oxygen atoms in total. The Morgan fingerprint density at radius 3 is 2.53 bits per heavy atom. The lowest BCUT2D eigenvalue weighted by molar-refractivity contribution is -0.113. The summed E-state index contributed by atoms with van der Waals surface area (Å²) in [7, 11) is 0. The molecule has 1 fully saturated rings. The second-order valence-electron chi connectivity index (χ2n) is 7.58. The van der Waals surface area contributed by atoms with E-state index in [0.717, 1.165) is 22.0 Å². The van der Waals surface area contributed by atoms with Gasteiger partial charge < -0.3 is 4.57 Å². The molecule has 1 amide bonds. The molecule has 0 atom stereocenters. The minimum absolute atomic E-state index is 0.230. The van der Waals surface area contributed by atoms with E-state index in [1.54, 1.807) is 24.3 Å². The Kier molecular flexibility index (Phi) is 6.44. The van der Waals surface area contributed by atoms with Crippen LogP contribution in [0.3, 0.4) is 0 Å². The molecule has 0 radical (unpaired) electrons. The molecule has 1 aliphatic heterocycles. The van der Waals surface area contributed by atoms with Crippen molar-refractivity contribution < 1.29 is 9.18 Å². The van der Waals surface area contributed by atoms with Crippen molar-refractivity contribution in [1.29, 1.82) is 0 Å². The minimum atomic E-state index is -0.379. The van der Waals surface area contributed by atoms with Gasteiger partial charge >= 0.3 is 0 Å². The van der Waals surface area contributed by atoms with E-state index >= 15 is 0 Å². The fraction of sp³-hybridized carbons (Fsp3) is 0.0400. The fourth-order valence-corrected chi connectivity index (χ4v) is 5.62. The normalized spacial score (nSPS) is 15.2. The molecule has 1 aliphatic rings. The van der Waals surface area contributed by atoms with Crippen molar-refractivity contribution in [3.8, 4) is 0 Å². The zero-order valence-corrected chi connectivity index (χ0v) is 21.2. The zero-order valence-electron chi connectivity index (χ0n) is 17.3. The average Bonchev–Trinajstić information content (AvgIpc) is 3.29. The monoisotopic (exact) mass is 546 g/mol. The highest BCUT2D eigenvalue weighted by molar-refractivity contribution is 8.27. The summed E-state index contributed by atoms with van der Waals surface area (Å²) in [4.78, 5) is 15.2. The summed E-state index contributed by atoms with van der Waals surface area (Å²) in [5.41, 5.74) is 3.19. The number of halogens is 4. The molecule has 0 saturated carbocycles. The van der Waals surface area contributed by atoms with Gasteiger partial charge in [0.2, 0.25) is 0 Å². The number of amides is 1. The van der Waals surface area contributed by atoms with Crippen LogP contribution >= 0.6 is 58.8 Å². The highest BCUT2D eigenvalue weighted by Gasteiger charge is 2.33. The molecule has 5 rings (SSSR count). The Balaban J connectivity index is 1.52. The largest absolute Gasteiger partial charge is 0.342 e. The van der Waals surface area contributed by atoms with Crippen LogP contribution in [0.4, 0.5) is 10.1 Å². The topological polar surface area (TPSA) is 25.2 Å². The third-order valence-corrected chi connectivity index (χ3v) is 7.81. The van der Waals surface area contributed by atoms with Gasteiger partial charge in [-0.1, -0.05) is 83.0 Å². The van der Waals surface area contributed by atoms with Gasteiger partial charge in [0.25, 0.3) is 5.91 Å². The summed E-state index contributed by atoms with van der Waals surface area (Å²) >= 11 is 25.1. The molecule has 4 aromatic rings. The molecular weight excluding hydrogens is 534 g/mol. The number of thioether (sulfide) groups is 1. The lowest BCUT2D eigenvalue weighted by atomic mass is 10.1. The van der Waals surface area contributed by atoms with Crippen LogP contribution in [-0.2, 0) is 11.3 Å². The summed E-state index contributed by atoms with van der Waals surface area (Å²) in [6, 6.07) is 17.2. The number of carbonyl (C=O) groups excluding carboxylic acids is 1. The first-order valence-corrected chi connectivity index (χ1v) is 12.4. The lowest BCUT2D eigenvalue weighted by Crippen LogP contribution is -2.27. The Morgan fingerprint density at radius 2 is 1.76 bits per heavy atom. The molecule has 3 aromatic carbocycles. The smallest absolute Gasteiger partial charge is 0.270 e. The number of hydrogen-bond acceptors (Lipinski definition) is 3. The summed E-state index contributed by atoms with van der Waals surface area (Å²) in [5.74, 6) is -0.609. The number of rotatable bonds is 4. The van der Waals surface area contributed by atoms with Crippen molar-refractivity contribution in [1.82, 2.24) is 4.57 Å². The third-order valence-electron chi connectivity index (χ3n) is 5.42. The van der Waals surface area contributed by atoms with Crippen LogP contribution in [0.25, 0.3) is 17.0 Å². The molecule has 1 saturated heterocycles.